The first-order valence-electron chi connectivity index (χ1n) is 6.21. The van der Waals surface area contributed by atoms with E-state index >= 15 is 0 Å². The van der Waals surface area contributed by atoms with Crippen molar-refractivity contribution in [3.05, 3.63) is 0 Å². The lowest BCUT2D eigenvalue weighted by Crippen LogP contribution is -2.38. The normalized spacial score (nSPS) is 25.2. The lowest BCUT2D eigenvalue weighted by Gasteiger charge is -2.20. The van der Waals surface area contributed by atoms with E-state index in [-0.39, 0.29) is 41.0 Å². The molecule has 0 bridgehead atoms. The van der Waals surface area contributed by atoms with Crippen LogP contribution in [0.3, 0.4) is 0 Å². The molecular weight excluding hydrogens is 290 g/mol. The zero-order valence-electron chi connectivity index (χ0n) is 10.4. The second-order valence-electron chi connectivity index (χ2n) is 4.98. The van der Waals surface area contributed by atoms with E-state index in [1.54, 1.807) is 0 Å². The van der Waals surface area contributed by atoms with Crippen LogP contribution < -0.4 is 0 Å². The van der Waals surface area contributed by atoms with Gasteiger partial charge in [0.2, 0.25) is 5.91 Å². The summed E-state index contributed by atoms with van der Waals surface area (Å²) in [5.41, 5.74) is 0. The van der Waals surface area contributed by atoms with E-state index in [1.165, 1.54) is 16.7 Å². The highest BCUT2D eigenvalue weighted by atomic mass is 32.2. The minimum atomic E-state index is -2.93. The van der Waals surface area contributed by atoms with Crippen LogP contribution in [0.15, 0.2) is 0 Å². The summed E-state index contributed by atoms with van der Waals surface area (Å²) in [4.78, 5) is 24.1. The second-order valence-corrected chi connectivity index (χ2v) is 8.50. The van der Waals surface area contributed by atoms with E-state index in [4.69, 9.17) is 5.11 Å². The molecule has 1 aliphatic carbocycles. The van der Waals surface area contributed by atoms with Crippen LogP contribution in [0.25, 0.3) is 0 Å². The van der Waals surface area contributed by atoms with Gasteiger partial charge >= 0.3 is 5.97 Å². The van der Waals surface area contributed by atoms with Crippen LogP contribution in [0, 0.1) is 0 Å². The Morgan fingerprint density at radius 2 is 1.95 bits per heavy atom. The Kier molecular flexibility index (Phi) is 4.39. The highest BCUT2D eigenvalue weighted by Crippen LogP contribution is 2.29. The van der Waals surface area contributed by atoms with Crippen LogP contribution in [0.1, 0.15) is 19.3 Å². The summed E-state index contributed by atoms with van der Waals surface area (Å²) in [5, 5.41) is 8.75. The van der Waals surface area contributed by atoms with Gasteiger partial charge in [0.15, 0.2) is 9.84 Å². The number of amides is 1. The largest absolute Gasteiger partial charge is 0.480 e. The minimum Gasteiger partial charge on any atom is -0.480 e. The van der Waals surface area contributed by atoms with Crippen LogP contribution in [0.4, 0.5) is 0 Å². The van der Waals surface area contributed by atoms with Crippen molar-refractivity contribution in [1.29, 1.82) is 0 Å². The molecule has 19 heavy (non-hydrogen) atoms. The summed E-state index contributed by atoms with van der Waals surface area (Å²) in [6, 6.07) is 0.0662. The van der Waals surface area contributed by atoms with Crippen molar-refractivity contribution in [2.24, 2.45) is 0 Å². The topological polar surface area (TPSA) is 91.8 Å². The molecule has 108 valence electrons. The molecule has 1 N–H and O–H groups in total. The minimum absolute atomic E-state index is 0.0279. The lowest BCUT2D eigenvalue weighted by molar-refractivity contribution is -0.143. The summed E-state index contributed by atoms with van der Waals surface area (Å²) in [5.74, 6) is -0.703. The van der Waals surface area contributed by atoms with E-state index in [1.807, 2.05) is 0 Å². The highest BCUT2D eigenvalue weighted by molar-refractivity contribution is 8.02. The number of hydrogen-bond acceptors (Lipinski definition) is 5. The third-order valence-electron chi connectivity index (χ3n) is 3.25. The Labute approximate surface area is 116 Å². The third-order valence-corrected chi connectivity index (χ3v) is 6.51. The number of rotatable bonds is 6. The number of aliphatic carboxylic acids is 1. The molecular formula is C11H17NO5S2. The molecule has 1 atom stereocenters. The molecule has 2 aliphatic rings. The monoisotopic (exact) mass is 307 g/mol. The molecule has 0 spiro atoms. The van der Waals surface area contributed by atoms with Gasteiger partial charge in [-0.25, -0.2) is 8.42 Å². The average molecular weight is 307 g/mol. The van der Waals surface area contributed by atoms with Crippen LogP contribution in [0.5, 0.6) is 0 Å². The maximum absolute atomic E-state index is 12.0. The number of nitrogens with zero attached hydrogens (tertiary/aromatic N) is 1. The molecule has 0 aromatic heterocycles. The molecule has 1 aliphatic heterocycles. The number of hydrogen-bond donors (Lipinski definition) is 1. The Hall–Kier alpha value is -0.760. The maximum atomic E-state index is 12.0. The molecule has 1 unspecified atom stereocenters. The Morgan fingerprint density at radius 1 is 1.26 bits per heavy atom. The van der Waals surface area contributed by atoms with Crippen LogP contribution in [-0.2, 0) is 19.4 Å². The molecule has 2 rings (SSSR count). The van der Waals surface area contributed by atoms with Crippen molar-refractivity contribution in [3.8, 4) is 0 Å². The molecule has 2 fully saturated rings. The van der Waals surface area contributed by atoms with Gasteiger partial charge in [0, 0.05) is 11.3 Å². The molecule has 1 heterocycles. The van der Waals surface area contributed by atoms with Crippen molar-refractivity contribution in [2.75, 3.05) is 23.8 Å². The quantitative estimate of drug-likeness (QED) is 0.741. The van der Waals surface area contributed by atoms with Gasteiger partial charge in [0.05, 0.1) is 17.3 Å². The van der Waals surface area contributed by atoms with E-state index in [2.05, 4.69) is 0 Å². The number of carbonyl (C=O) groups excluding carboxylic acids is 1. The van der Waals surface area contributed by atoms with Crippen LogP contribution in [0.2, 0.25) is 0 Å². The predicted molar refractivity (Wildman–Crippen MR) is 71.9 cm³/mol. The van der Waals surface area contributed by atoms with Gasteiger partial charge in [-0.1, -0.05) is 0 Å². The fourth-order valence-electron chi connectivity index (χ4n) is 2.12. The van der Waals surface area contributed by atoms with E-state index in [0.717, 1.165) is 12.8 Å². The Bertz CT molecular complexity index is 471. The molecule has 8 heteroatoms. The first kappa shape index (κ1) is 14.6. The molecule has 1 amide bonds. The number of carboxylic acids is 1. The van der Waals surface area contributed by atoms with Crippen molar-refractivity contribution >= 4 is 33.5 Å². The molecule has 1 saturated heterocycles. The highest BCUT2D eigenvalue weighted by Gasteiger charge is 2.35. The molecule has 0 aromatic carbocycles. The standard InChI is InChI=1S/C11H17NO5S2/c13-10(12(5-11(14)15)8-1-2-8)6-18-9-3-4-19(16,17)7-9/h8-9H,1-7H2,(H,14,15). The molecule has 0 radical (unpaired) electrons. The predicted octanol–water partition coefficient (Wildman–Crippen LogP) is -0.0177. The summed E-state index contributed by atoms with van der Waals surface area (Å²) < 4.78 is 22.6. The van der Waals surface area contributed by atoms with Gasteiger partial charge in [-0.2, -0.15) is 0 Å². The van der Waals surface area contributed by atoms with Gasteiger partial charge in [-0.05, 0) is 19.3 Å². The Balaban J connectivity index is 1.81. The molecule has 6 nitrogen and oxygen atoms in total. The van der Waals surface area contributed by atoms with Gasteiger partial charge < -0.3 is 10.0 Å². The number of carboxylic acid groups (broad SMARTS) is 1. The smallest absolute Gasteiger partial charge is 0.323 e. The average Bonchev–Trinajstić information content (AvgIpc) is 3.08. The van der Waals surface area contributed by atoms with E-state index in [0.29, 0.717) is 6.42 Å². The third kappa shape index (κ3) is 4.38. The van der Waals surface area contributed by atoms with Gasteiger partial charge in [0.25, 0.3) is 0 Å². The van der Waals surface area contributed by atoms with Gasteiger partial charge in [-0.15, -0.1) is 11.8 Å². The second kappa shape index (κ2) is 5.70. The first-order valence-corrected chi connectivity index (χ1v) is 9.08. The van der Waals surface area contributed by atoms with Crippen molar-refractivity contribution < 1.29 is 23.1 Å². The number of carbonyl (C=O) groups is 2. The van der Waals surface area contributed by atoms with Gasteiger partial charge in [-0.3, -0.25) is 9.59 Å². The lowest BCUT2D eigenvalue weighted by atomic mass is 10.4. The summed E-state index contributed by atoms with van der Waals surface area (Å²) >= 11 is 1.33. The number of sulfone groups is 1. The summed E-state index contributed by atoms with van der Waals surface area (Å²) in [7, 11) is -2.93. The van der Waals surface area contributed by atoms with E-state index < -0.39 is 15.8 Å². The van der Waals surface area contributed by atoms with Crippen LogP contribution >= 0.6 is 11.8 Å². The first-order chi connectivity index (χ1) is 8.87. The van der Waals surface area contributed by atoms with Crippen molar-refractivity contribution in [3.63, 3.8) is 0 Å². The SMILES string of the molecule is O=C(O)CN(C(=O)CSC1CCS(=O)(=O)C1)C1CC1. The van der Waals surface area contributed by atoms with Crippen molar-refractivity contribution in [1.82, 2.24) is 4.90 Å². The fourth-order valence-corrected chi connectivity index (χ4v) is 5.65. The van der Waals surface area contributed by atoms with Crippen LogP contribution in [-0.4, -0.2) is 65.4 Å². The van der Waals surface area contributed by atoms with Gasteiger partial charge in [0.1, 0.15) is 6.54 Å². The van der Waals surface area contributed by atoms with E-state index in [9.17, 15) is 18.0 Å². The fraction of sp³-hybridized carbons (Fsp3) is 0.818. The maximum Gasteiger partial charge on any atom is 0.323 e. The molecule has 1 saturated carbocycles. The Morgan fingerprint density at radius 3 is 2.42 bits per heavy atom. The number of thioether (sulfide) groups is 1. The zero-order valence-corrected chi connectivity index (χ0v) is 12.1. The zero-order chi connectivity index (χ0) is 14.0. The summed E-state index contributed by atoms with van der Waals surface area (Å²) in [6.45, 7) is -0.257. The molecule has 0 aromatic rings. The summed E-state index contributed by atoms with van der Waals surface area (Å²) in [6.07, 6.45) is 2.31. The van der Waals surface area contributed by atoms with Crippen molar-refractivity contribution in [2.45, 2.75) is 30.6 Å².